The quantitative estimate of drug-likeness (QED) is 0.161. The largest absolute Gasteiger partial charge is 0.385 e. The monoisotopic (exact) mass is 675 g/mol. The first-order valence-electron chi connectivity index (χ1n) is 14.4. The second kappa shape index (κ2) is 11.2. The van der Waals surface area contributed by atoms with E-state index in [1.807, 2.05) is 38.1 Å². The summed E-state index contributed by atoms with van der Waals surface area (Å²) in [6, 6.07) is 3.91. The first-order chi connectivity index (χ1) is 21.3. The van der Waals surface area contributed by atoms with Crippen LogP contribution >= 0.6 is 15.9 Å². The van der Waals surface area contributed by atoms with Gasteiger partial charge in [-0.15, -0.1) is 0 Å². The Morgan fingerprint density at radius 1 is 1.16 bits per heavy atom. The van der Waals surface area contributed by atoms with Crippen LogP contribution in [-0.2, 0) is 16.1 Å². The smallest absolute Gasteiger partial charge is 0.248 e. The van der Waals surface area contributed by atoms with Crippen LogP contribution in [0.2, 0.25) is 0 Å². The number of hydrogen-bond donors (Lipinski definition) is 2. The van der Waals surface area contributed by atoms with E-state index in [1.165, 1.54) is 17.7 Å². The summed E-state index contributed by atoms with van der Waals surface area (Å²) in [5.41, 5.74) is 3.15. The van der Waals surface area contributed by atoms with Gasteiger partial charge in [-0.1, -0.05) is 19.1 Å². The van der Waals surface area contributed by atoms with Gasteiger partial charge in [0.05, 0.1) is 11.6 Å². The van der Waals surface area contributed by atoms with Gasteiger partial charge in [-0.05, 0) is 78.0 Å². The summed E-state index contributed by atoms with van der Waals surface area (Å²) in [6.07, 6.45) is 6.74. The maximum atomic E-state index is 14.0. The molecule has 3 aromatic heterocycles. The first kappa shape index (κ1) is 30.7. The Labute approximate surface area is 266 Å². The summed E-state index contributed by atoms with van der Waals surface area (Å²) in [4.78, 5) is 54.5. The maximum absolute atomic E-state index is 14.0. The van der Waals surface area contributed by atoms with Gasteiger partial charge < -0.3 is 15.3 Å². The highest BCUT2D eigenvalue weighted by atomic mass is 79.9. The van der Waals surface area contributed by atoms with Crippen LogP contribution in [0.15, 0.2) is 47.3 Å². The molecule has 45 heavy (non-hydrogen) atoms. The number of amides is 2. The molecular weight excluding hydrogens is 645 g/mol. The van der Waals surface area contributed by atoms with Crippen LogP contribution in [0.25, 0.3) is 22.0 Å². The number of aromatic nitrogens is 5. The number of halogens is 2. The maximum Gasteiger partial charge on any atom is 0.248 e. The van der Waals surface area contributed by atoms with Crippen molar-refractivity contribution in [1.82, 2.24) is 29.6 Å². The SMILES string of the molecule is CC(=O)c1nn(CC(=O)N2[C@H](C(=O)Nc3nc(Br)c(F)cc3C)C[C@@]3(C)C=C[C@@H]23)c2c(C)cc(-c3cnc([C@@H](C)O)nc3)cc12. The van der Waals surface area contributed by atoms with E-state index in [0.717, 1.165) is 11.1 Å². The molecule has 2 N–H and O–H groups in total. The van der Waals surface area contributed by atoms with Crippen LogP contribution in [-0.4, -0.2) is 64.4 Å². The van der Waals surface area contributed by atoms with E-state index in [9.17, 15) is 23.9 Å². The zero-order valence-electron chi connectivity index (χ0n) is 25.3. The minimum Gasteiger partial charge on any atom is -0.385 e. The number of ketones is 1. The Balaban J connectivity index is 1.32. The van der Waals surface area contributed by atoms with Crippen molar-refractivity contribution < 1.29 is 23.9 Å². The third-order valence-electron chi connectivity index (χ3n) is 8.59. The molecule has 0 unspecified atom stereocenters. The van der Waals surface area contributed by atoms with Crippen LogP contribution in [0.5, 0.6) is 0 Å². The summed E-state index contributed by atoms with van der Waals surface area (Å²) in [5, 5.41) is 17.7. The average molecular weight is 677 g/mol. The van der Waals surface area contributed by atoms with E-state index in [2.05, 4.69) is 41.3 Å². The van der Waals surface area contributed by atoms with Gasteiger partial charge in [-0.3, -0.25) is 19.1 Å². The Morgan fingerprint density at radius 3 is 2.49 bits per heavy atom. The Kier molecular flexibility index (Phi) is 7.64. The van der Waals surface area contributed by atoms with E-state index in [1.54, 1.807) is 31.1 Å². The molecule has 11 nitrogen and oxygen atoms in total. The lowest BCUT2D eigenvalue weighted by Gasteiger charge is -2.38. The van der Waals surface area contributed by atoms with Crippen molar-refractivity contribution in [3.8, 4) is 11.1 Å². The molecule has 0 bridgehead atoms. The van der Waals surface area contributed by atoms with Crippen molar-refractivity contribution >= 4 is 50.2 Å². The highest BCUT2D eigenvalue weighted by Gasteiger charge is 2.55. The van der Waals surface area contributed by atoms with Gasteiger partial charge in [-0.2, -0.15) is 5.10 Å². The number of aliphatic hydroxyl groups is 1. The first-order valence-corrected chi connectivity index (χ1v) is 15.2. The highest BCUT2D eigenvalue weighted by molar-refractivity contribution is 9.10. The predicted octanol–water partition coefficient (Wildman–Crippen LogP) is 4.85. The number of fused-ring (bicyclic) bond motifs is 2. The zero-order valence-corrected chi connectivity index (χ0v) is 26.9. The molecule has 4 heterocycles. The number of rotatable bonds is 7. The Bertz CT molecular complexity index is 1920. The number of pyridine rings is 1. The van der Waals surface area contributed by atoms with E-state index < -0.39 is 23.9 Å². The number of hydrogen-bond acceptors (Lipinski definition) is 8. The molecule has 0 spiro atoms. The molecule has 4 atom stereocenters. The molecule has 1 saturated heterocycles. The number of anilines is 1. The summed E-state index contributed by atoms with van der Waals surface area (Å²) in [7, 11) is 0. The number of likely N-dealkylation sites (tertiary alicyclic amines) is 1. The number of aryl methyl sites for hydroxylation is 2. The Hall–Kier alpha value is -4.36. The molecule has 1 aromatic carbocycles. The molecule has 1 aliphatic carbocycles. The second-order valence-electron chi connectivity index (χ2n) is 12.0. The fraction of sp³-hybridized carbons (Fsp3) is 0.344. The van der Waals surface area contributed by atoms with Crippen molar-refractivity contribution in [3.05, 3.63) is 75.8 Å². The third kappa shape index (κ3) is 5.33. The van der Waals surface area contributed by atoms with Gasteiger partial charge >= 0.3 is 0 Å². The van der Waals surface area contributed by atoms with Gasteiger partial charge in [0.15, 0.2) is 17.4 Å². The van der Waals surface area contributed by atoms with Crippen molar-refractivity contribution in [2.75, 3.05) is 5.32 Å². The van der Waals surface area contributed by atoms with Gasteiger partial charge in [0.2, 0.25) is 11.8 Å². The minimum atomic E-state index is -0.807. The average Bonchev–Trinajstić information content (AvgIpc) is 3.44. The van der Waals surface area contributed by atoms with Gasteiger partial charge in [0, 0.05) is 35.7 Å². The lowest BCUT2D eigenvalue weighted by molar-refractivity contribution is -0.139. The van der Waals surface area contributed by atoms with Crippen LogP contribution < -0.4 is 5.32 Å². The molecular formula is C32H31BrFN7O4. The zero-order chi connectivity index (χ0) is 32.4. The topological polar surface area (TPSA) is 143 Å². The molecule has 2 amide bonds. The lowest BCUT2D eigenvalue weighted by Crippen LogP contribution is -2.50. The van der Waals surface area contributed by atoms with Gasteiger partial charge in [-0.25, -0.2) is 19.3 Å². The van der Waals surface area contributed by atoms with Crippen LogP contribution in [0, 0.1) is 25.1 Å². The summed E-state index contributed by atoms with van der Waals surface area (Å²) in [6.45, 7) is 8.33. The standard InChI is InChI=1S/C32H31BrFN7O4/c1-15-8-19(20-12-35-30(18(4)43)36-13-20)10-21-26(17(3)42)39-40(27(15)21)14-25(44)41-23(11-32(5)7-6-24(32)41)31(45)38-29-16(2)9-22(34)28(33)37-29/h6-10,12-13,18,23-24,43H,11,14H2,1-5H3,(H,37,38,45)/t18-,23+,24-,32-/m1/s1. The number of carbonyl (C=O) groups excluding carboxylic acids is 3. The van der Waals surface area contributed by atoms with Crippen molar-refractivity contribution in [2.24, 2.45) is 5.41 Å². The van der Waals surface area contributed by atoms with E-state index in [0.29, 0.717) is 34.3 Å². The summed E-state index contributed by atoms with van der Waals surface area (Å²) in [5.74, 6) is -1.04. The van der Waals surface area contributed by atoms with E-state index >= 15 is 0 Å². The highest BCUT2D eigenvalue weighted by Crippen LogP contribution is 2.49. The van der Waals surface area contributed by atoms with E-state index in [4.69, 9.17) is 0 Å². The van der Waals surface area contributed by atoms with Gasteiger partial charge in [0.25, 0.3) is 0 Å². The molecule has 232 valence electrons. The summed E-state index contributed by atoms with van der Waals surface area (Å²) >= 11 is 3.07. The number of nitrogens with zero attached hydrogens (tertiary/aromatic N) is 6. The third-order valence-corrected chi connectivity index (χ3v) is 9.15. The molecule has 4 aromatic rings. The molecule has 1 aliphatic heterocycles. The molecule has 6 rings (SSSR count). The molecule has 0 radical (unpaired) electrons. The summed E-state index contributed by atoms with van der Waals surface area (Å²) < 4.78 is 15.4. The number of Topliss-reactive ketones (excluding diaryl/α,β-unsaturated/α-hetero) is 1. The number of aliphatic hydroxyl groups excluding tert-OH is 1. The fourth-order valence-electron chi connectivity index (χ4n) is 6.23. The van der Waals surface area contributed by atoms with Crippen molar-refractivity contribution in [3.63, 3.8) is 0 Å². The predicted molar refractivity (Wildman–Crippen MR) is 168 cm³/mol. The lowest BCUT2D eigenvalue weighted by atomic mass is 9.73. The van der Waals surface area contributed by atoms with Crippen LogP contribution in [0.4, 0.5) is 10.2 Å². The van der Waals surface area contributed by atoms with Crippen LogP contribution in [0.1, 0.15) is 60.7 Å². The van der Waals surface area contributed by atoms with Crippen molar-refractivity contribution in [2.45, 2.75) is 65.8 Å². The molecule has 2 aliphatic rings. The number of benzene rings is 1. The number of carbonyl (C=O) groups is 3. The fourth-order valence-corrected chi connectivity index (χ4v) is 6.52. The second-order valence-corrected chi connectivity index (χ2v) is 12.8. The molecule has 13 heteroatoms. The van der Waals surface area contributed by atoms with Crippen LogP contribution in [0.3, 0.4) is 0 Å². The number of nitrogens with one attached hydrogen (secondary N) is 1. The Morgan fingerprint density at radius 2 is 1.87 bits per heavy atom. The van der Waals surface area contributed by atoms with Gasteiger partial charge in [0.1, 0.15) is 34.8 Å². The van der Waals surface area contributed by atoms with Crippen molar-refractivity contribution in [1.29, 1.82) is 0 Å². The molecule has 0 saturated carbocycles. The normalized spacial score (nSPS) is 21.0. The van der Waals surface area contributed by atoms with E-state index in [-0.39, 0.29) is 45.8 Å². The molecule has 1 fully saturated rings. The minimum absolute atomic E-state index is 0.0221.